The van der Waals surface area contributed by atoms with Crippen molar-refractivity contribution in [3.8, 4) is 0 Å². The molecule has 0 saturated heterocycles. The zero-order chi connectivity index (χ0) is 8.81. The lowest BCUT2D eigenvalue weighted by atomic mass is 10.1. The monoisotopic (exact) mass is 166 g/mol. The Morgan fingerprint density at radius 2 is 2.25 bits per heavy atom. The lowest BCUT2D eigenvalue weighted by Crippen LogP contribution is -2.01. The van der Waals surface area contributed by atoms with Crippen LogP contribution in [0.25, 0.3) is 0 Å². The highest BCUT2D eigenvalue weighted by Gasteiger charge is 2.01. The third kappa shape index (κ3) is 2.68. The van der Waals surface area contributed by atoms with Crippen molar-refractivity contribution in [1.29, 1.82) is 0 Å². The summed E-state index contributed by atoms with van der Waals surface area (Å²) in [4.78, 5) is 4.03. The van der Waals surface area contributed by atoms with Gasteiger partial charge in [-0.15, -0.1) is 0 Å². The van der Waals surface area contributed by atoms with E-state index in [-0.39, 0.29) is 0 Å². The van der Waals surface area contributed by atoms with Crippen molar-refractivity contribution in [3.05, 3.63) is 18.7 Å². The average molecular weight is 166 g/mol. The van der Waals surface area contributed by atoms with Crippen molar-refractivity contribution in [2.24, 2.45) is 0 Å². The van der Waals surface area contributed by atoms with Crippen LogP contribution in [0.5, 0.6) is 0 Å². The minimum absolute atomic E-state index is 0.610. The van der Waals surface area contributed by atoms with E-state index < -0.39 is 0 Å². The number of aromatic nitrogens is 2. The molecule has 1 aromatic rings. The van der Waals surface area contributed by atoms with Gasteiger partial charge in [-0.1, -0.05) is 26.2 Å². The Labute approximate surface area is 74.6 Å². The fourth-order valence-electron chi connectivity index (χ4n) is 1.37. The van der Waals surface area contributed by atoms with Gasteiger partial charge in [0.1, 0.15) is 0 Å². The highest BCUT2D eigenvalue weighted by atomic mass is 15.0. The summed E-state index contributed by atoms with van der Waals surface area (Å²) in [6.07, 6.45) is 11.0. The van der Waals surface area contributed by atoms with Gasteiger partial charge in [0.05, 0.1) is 6.33 Å². The van der Waals surface area contributed by atoms with Gasteiger partial charge in [0.2, 0.25) is 0 Å². The van der Waals surface area contributed by atoms with Gasteiger partial charge < -0.3 is 4.57 Å². The van der Waals surface area contributed by atoms with E-state index in [1.54, 1.807) is 0 Å². The van der Waals surface area contributed by atoms with Gasteiger partial charge in [-0.2, -0.15) is 0 Å². The van der Waals surface area contributed by atoms with E-state index in [4.69, 9.17) is 0 Å². The van der Waals surface area contributed by atoms with Gasteiger partial charge >= 0.3 is 0 Å². The summed E-state index contributed by atoms with van der Waals surface area (Å²) in [6.45, 7) is 4.49. The molecule has 0 N–H and O–H groups in total. The van der Waals surface area contributed by atoms with Crippen LogP contribution in [0.1, 0.15) is 45.6 Å². The Morgan fingerprint density at radius 1 is 1.42 bits per heavy atom. The molecule has 2 heteroatoms. The molecule has 0 aliphatic heterocycles. The van der Waals surface area contributed by atoms with Crippen LogP contribution in [0.3, 0.4) is 0 Å². The minimum Gasteiger partial charge on any atom is -0.335 e. The second kappa shape index (κ2) is 4.96. The van der Waals surface area contributed by atoms with Crippen LogP contribution >= 0.6 is 0 Å². The molecule has 0 aromatic carbocycles. The molecule has 1 rings (SSSR count). The Hall–Kier alpha value is -0.790. The van der Waals surface area contributed by atoms with Crippen molar-refractivity contribution in [3.63, 3.8) is 0 Å². The molecule has 1 atom stereocenters. The SMILES string of the molecule is CCCCCC(C)n1ccnc1. The number of rotatable bonds is 5. The first-order valence-corrected chi connectivity index (χ1v) is 4.82. The maximum Gasteiger partial charge on any atom is 0.0948 e. The molecule has 2 nitrogen and oxygen atoms in total. The van der Waals surface area contributed by atoms with Crippen molar-refractivity contribution < 1.29 is 0 Å². The molecule has 1 aromatic heterocycles. The summed E-state index contributed by atoms with van der Waals surface area (Å²) >= 11 is 0. The van der Waals surface area contributed by atoms with E-state index in [1.807, 2.05) is 18.7 Å². The van der Waals surface area contributed by atoms with Gasteiger partial charge in [0.25, 0.3) is 0 Å². The van der Waals surface area contributed by atoms with Crippen LogP contribution in [0.4, 0.5) is 0 Å². The van der Waals surface area contributed by atoms with Gasteiger partial charge in [-0.3, -0.25) is 0 Å². The maximum absolute atomic E-state index is 4.03. The second-order valence-electron chi connectivity index (χ2n) is 3.35. The van der Waals surface area contributed by atoms with Crippen molar-refractivity contribution >= 4 is 0 Å². The van der Waals surface area contributed by atoms with Gasteiger partial charge in [0.15, 0.2) is 0 Å². The topological polar surface area (TPSA) is 17.8 Å². The molecule has 0 aliphatic rings. The maximum atomic E-state index is 4.03. The van der Waals surface area contributed by atoms with E-state index in [9.17, 15) is 0 Å². The van der Waals surface area contributed by atoms with E-state index in [1.165, 1.54) is 25.7 Å². The minimum atomic E-state index is 0.610. The number of nitrogens with zero attached hydrogens (tertiary/aromatic N) is 2. The van der Waals surface area contributed by atoms with Gasteiger partial charge in [-0.05, 0) is 13.3 Å². The number of unbranched alkanes of at least 4 members (excludes halogenated alkanes) is 2. The van der Waals surface area contributed by atoms with Gasteiger partial charge in [-0.25, -0.2) is 4.98 Å². The molecule has 0 aliphatic carbocycles. The summed E-state index contributed by atoms with van der Waals surface area (Å²) in [5, 5.41) is 0. The predicted octanol–water partition coefficient (Wildman–Crippen LogP) is 3.02. The lowest BCUT2D eigenvalue weighted by Gasteiger charge is -2.11. The number of hydrogen-bond acceptors (Lipinski definition) is 1. The summed E-state index contributed by atoms with van der Waals surface area (Å²) in [6, 6.07) is 0.610. The Balaban J connectivity index is 2.25. The van der Waals surface area contributed by atoms with Gasteiger partial charge in [0, 0.05) is 18.4 Å². The molecular weight excluding hydrogens is 148 g/mol. The highest BCUT2D eigenvalue weighted by Crippen LogP contribution is 2.13. The highest BCUT2D eigenvalue weighted by molar-refractivity contribution is 4.78. The summed E-state index contributed by atoms with van der Waals surface area (Å²) in [7, 11) is 0. The van der Waals surface area contributed by atoms with Crippen LogP contribution < -0.4 is 0 Å². The van der Waals surface area contributed by atoms with Crippen LogP contribution in [0.15, 0.2) is 18.7 Å². The second-order valence-corrected chi connectivity index (χ2v) is 3.35. The fourth-order valence-corrected chi connectivity index (χ4v) is 1.37. The largest absolute Gasteiger partial charge is 0.335 e. The third-order valence-corrected chi connectivity index (χ3v) is 2.26. The molecule has 0 bridgehead atoms. The zero-order valence-electron chi connectivity index (χ0n) is 8.03. The molecule has 0 saturated carbocycles. The first-order chi connectivity index (χ1) is 5.84. The summed E-state index contributed by atoms with van der Waals surface area (Å²) in [5.41, 5.74) is 0. The standard InChI is InChI=1S/C10H18N2/c1-3-4-5-6-10(2)12-8-7-11-9-12/h7-10H,3-6H2,1-2H3. The third-order valence-electron chi connectivity index (χ3n) is 2.26. The molecule has 0 amide bonds. The smallest absolute Gasteiger partial charge is 0.0948 e. The normalized spacial score (nSPS) is 13.2. The molecular formula is C10H18N2. The van der Waals surface area contributed by atoms with E-state index in [2.05, 4.69) is 23.4 Å². The molecule has 12 heavy (non-hydrogen) atoms. The van der Waals surface area contributed by atoms with Crippen molar-refractivity contribution in [2.45, 2.75) is 45.6 Å². The molecule has 0 spiro atoms. The van der Waals surface area contributed by atoms with Crippen LogP contribution in [0, 0.1) is 0 Å². The van der Waals surface area contributed by atoms with Crippen LogP contribution in [-0.2, 0) is 0 Å². The molecule has 1 unspecified atom stereocenters. The quantitative estimate of drug-likeness (QED) is 0.615. The van der Waals surface area contributed by atoms with E-state index >= 15 is 0 Å². The number of imidazole rings is 1. The van der Waals surface area contributed by atoms with Crippen molar-refractivity contribution in [2.75, 3.05) is 0 Å². The first kappa shape index (κ1) is 9.30. The molecule has 0 fully saturated rings. The lowest BCUT2D eigenvalue weighted by molar-refractivity contribution is 0.477. The molecule has 0 radical (unpaired) electrons. The Bertz CT molecular complexity index is 192. The van der Waals surface area contributed by atoms with Crippen LogP contribution in [0.2, 0.25) is 0 Å². The number of hydrogen-bond donors (Lipinski definition) is 0. The zero-order valence-corrected chi connectivity index (χ0v) is 8.03. The Kier molecular flexibility index (Phi) is 3.85. The van der Waals surface area contributed by atoms with Crippen LogP contribution in [-0.4, -0.2) is 9.55 Å². The van der Waals surface area contributed by atoms with E-state index in [0.29, 0.717) is 6.04 Å². The molecule has 1 heterocycles. The summed E-state index contributed by atoms with van der Waals surface area (Å²) < 4.78 is 2.18. The predicted molar refractivity (Wildman–Crippen MR) is 51.1 cm³/mol. The average Bonchev–Trinajstić information content (AvgIpc) is 2.56. The first-order valence-electron chi connectivity index (χ1n) is 4.82. The summed E-state index contributed by atoms with van der Waals surface area (Å²) in [5.74, 6) is 0. The fraction of sp³-hybridized carbons (Fsp3) is 0.700. The van der Waals surface area contributed by atoms with E-state index in [0.717, 1.165) is 0 Å². The van der Waals surface area contributed by atoms with Crippen molar-refractivity contribution in [1.82, 2.24) is 9.55 Å². The molecule has 68 valence electrons. The Morgan fingerprint density at radius 3 is 2.83 bits per heavy atom.